The Morgan fingerprint density at radius 3 is 2.53 bits per heavy atom. The molecule has 7 heteroatoms. The van der Waals surface area contributed by atoms with Crippen LogP contribution in [0.2, 0.25) is 0 Å². The van der Waals surface area contributed by atoms with Gasteiger partial charge in [-0.2, -0.15) is 0 Å². The minimum atomic E-state index is -0.977. The van der Waals surface area contributed by atoms with Crippen LogP contribution in [0.1, 0.15) is 57.5 Å². The zero-order valence-corrected chi connectivity index (χ0v) is 17.6. The molecule has 32 heavy (non-hydrogen) atoms. The molecule has 2 aromatic rings. The number of hydrogen-bond donors (Lipinski definition) is 1. The van der Waals surface area contributed by atoms with Crippen LogP contribution in [0.3, 0.4) is 0 Å². The van der Waals surface area contributed by atoms with Crippen LogP contribution in [0, 0.1) is 5.92 Å². The number of hydrogen-bond acceptors (Lipinski definition) is 5. The number of ether oxygens (including phenoxy) is 1. The van der Waals surface area contributed by atoms with Crippen molar-refractivity contribution in [3.05, 3.63) is 64.7 Å². The summed E-state index contributed by atoms with van der Waals surface area (Å²) >= 11 is 0. The van der Waals surface area contributed by atoms with Crippen molar-refractivity contribution in [3.63, 3.8) is 0 Å². The summed E-state index contributed by atoms with van der Waals surface area (Å²) in [5, 5.41) is 2.21. The quantitative estimate of drug-likeness (QED) is 0.734. The smallest absolute Gasteiger partial charge is 0.266 e. The molecule has 0 bridgehead atoms. The number of carbonyl (C=O) groups is 4. The molecule has 2 unspecified atom stereocenters. The van der Waals surface area contributed by atoms with Crippen LogP contribution in [-0.4, -0.2) is 41.2 Å². The number of aryl methyl sites for hydroxylation is 1. The fourth-order valence-electron chi connectivity index (χ4n) is 4.96. The summed E-state index contributed by atoms with van der Waals surface area (Å²) < 4.78 is 5.98. The number of fused-ring (bicyclic) bond motifs is 2. The van der Waals surface area contributed by atoms with E-state index in [1.165, 1.54) is 11.1 Å². The maximum Gasteiger partial charge on any atom is 0.266 e. The van der Waals surface area contributed by atoms with E-state index in [9.17, 15) is 19.2 Å². The van der Waals surface area contributed by atoms with Gasteiger partial charge in [-0.3, -0.25) is 29.4 Å². The van der Waals surface area contributed by atoms with Crippen LogP contribution >= 0.6 is 0 Å². The SMILES string of the molecule is O=C1CCC(N2C(=O)c3cccc(OCCC4CCc5ccccc5C4)c3C2=O)C(=O)N1. The van der Waals surface area contributed by atoms with Gasteiger partial charge in [-0.1, -0.05) is 30.3 Å². The summed E-state index contributed by atoms with van der Waals surface area (Å²) in [6.45, 7) is 0.448. The van der Waals surface area contributed by atoms with Crippen LogP contribution in [0.25, 0.3) is 0 Å². The Balaban J connectivity index is 1.27. The largest absolute Gasteiger partial charge is 0.493 e. The summed E-state index contributed by atoms with van der Waals surface area (Å²) in [5.74, 6) is -1.19. The predicted molar refractivity (Wildman–Crippen MR) is 115 cm³/mol. The van der Waals surface area contributed by atoms with E-state index in [0.717, 1.165) is 30.6 Å². The third-order valence-corrected chi connectivity index (χ3v) is 6.66. The van der Waals surface area contributed by atoms with Crippen molar-refractivity contribution in [1.82, 2.24) is 10.2 Å². The van der Waals surface area contributed by atoms with E-state index >= 15 is 0 Å². The molecule has 0 saturated carbocycles. The summed E-state index contributed by atoms with van der Waals surface area (Å²) in [5.41, 5.74) is 3.26. The molecule has 2 aromatic carbocycles. The minimum absolute atomic E-state index is 0.0949. The summed E-state index contributed by atoms with van der Waals surface area (Å²) in [7, 11) is 0. The molecule has 2 atom stereocenters. The van der Waals surface area contributed by atoms with Gasteiger partial charge in [0.15, 0.2) is 0 Å². The molecular weight excluding hydrogens is 408 g/mol. The van der Waals surface area contributed by atoms with Crippen LogP contribution in [0.4, 0.5) is 0 Å². The number of piperidine rings is 1. The van der Waals surface area contributed by atoms with Gasteiger partial charge in [-0.25, -0.2) is 0 Å². The molecule has 1 saturated heterocycles. The van der Waals surface area contributed by atoms with Gasteiger partial charge in [0.05, 0.1) is 17.7 Å². The summed E-state index contributed by atoms with van der Waals surface area (Å²) in [4.78, 5) is 50.7. The maximum absolute atomic E-state index is 13.1. The molecular formula is C25H24N2O5. The molecule has 1 N–H and O–H groups in total. The van der Waals surface area contributed by atoms with Crippen molar-refractivity contribution in [2.24, 2.45) is 5.92 Å². The molecule has 2 aliphatic heterocycles. The molecule has 3 aliphatic rings. The molecule has 164 valence electrons. The number of amides is 4. The number of nitrogens with zero attached hydrogens (tertiary/aromatic N) is 1. The van der Waals surface area contributed by atoms with Gasteiger partial charge in [0.1, 0.15) is 11.8 Å². The first-order valence-corrected chi connectivity index (χ1v) is 11.1. The first kappa shape index (κ1) is 20.4. The molecule has 4 amide bonds. The summed E-state index contributed by atoms with van der Waals surface area (Å²) in [6, 6.07) is 12.5. The number of carbonyl (C=O) groups excluding carboxylic acids is 4. The second kappa shape index (κ2) is 8.22. The van der Waals surface area contributed by atoms with Crippen molar-refractivity contribution < 1.29 is 23.9 Å². The molecule has 0 radical (unpaired) electrons. The van der Waals surface area contributed by atoms with Gasteiger partial charge in [0.25, 0.3) is 11.8 Å². The lowest BCUT2D eigenvalue weighted by molar-refractivity contribution is -0.136. The summed E-state index contributed by atoms with van der Waals surface area (Å²) in [6.07, 6.45) is 4.28. The Morgan fingerprint density at radius 1 is 0.906 bits per heavy atom. The van der Waals surface area contributed by atoms with Crippen LogP contribution < -0.4 is 10.1 Å². The highest BCUT2D eigenvalue weighted by molar-refractivity contribution is 6.24. The normalized spacial score (nSPS) is 22.4. The van der Waals surface area contributed by atoms with Gasteiger partial charge in [-0.15, -0.1) is 0 Å². The van der Waals surface area contributed by atoms with E-state index in [1.54, 1.807) is 18.2 Å². The second-order valence-electron chi connectivity index (χ2n) is 8.64. The average Bonchev–Trinajstić information content (AvgIpc) is 3.05. The molecule has 5 rings (SSSR count). The Kier molecular flexibility index (Phi) is 5.25. The van der Waals surface area contributed by atoms with Crippen LogP contribution in [0.5, 0.6) is 5.75 Å². The minimum Gasteiger partial charge on any atom is -0.493 e. The van der Waals surface area contributed by atoms with Gasteiger partial charge in [0.2, 0.25) is 11.8 Å². The Bertz CT molecular complexity index is 1130. The molecule has 0 spiro atoms. The third-order valence-electron chi connectivity index (χ3n) is 6.66. The third kappa shape index (κ3) is 3.57. The fraction of sp³-hybridized carbons (Fsp3) is 0.360. The monoisotopic (exact) mass is 432 g/mol. The topological polar surface area (TPSA) is 92.8 Å². The number of imide groups is 2. The van der Waals surface area contributed by atoms with E-state index in [1.807, 2.05) is 0 Å². The number of benzene rings is 2. The predicted octanol–water partition coefficient (Wildman–Crippen LogP) is 2.66. The highest BCUT2D eigenvalue weighted by atomic mass is 16.5. The van der Waals surface area contributed by atoms with Crippen molar-refractivity contribution in [1.29, 1.82) is 0 Å². The lowest BCUT2D eigenvalue weighted by Gasteiger charge is -2.27. The van der Waals surface area contributed by atoms with Gasteiger partial charge >= 0.3 is 0 Å². The van der Waals surface area contributed by atoms with Crippen molar-refractivity contribution in [3.8, 4) is 5.75 Å². The number of rotatable bonds is 5. The number of nitrogens with one attached hydrogen (secondary N) is 1. The van der Waals surface area contributed by atoms with Gasteiger partial charge < -0.3 is 4.74 Å². The lowest BCUT2D eigenvalue weighted by Crippen LogP contribution is -2.54. The van der Waals surface area contributed by atoms with E-state index in [2.05, 4.69) is 29.6 Å². The molecule has 1 aliphatic carbocycles. The Morgan fingerprint density at radius 2 is 1.72 bits per heavy atom. The van der Waals surface area contributed by atoms with E-state index in [-0.39, 0.29) is 24.0 Å². The first-order chi connectivity index (χ1) is 15.5. The zero-order chi connectivity index (χ0) is 22.2. The second-order valence-corrected chi connectivity index (χ2v) is 8.64. The van der Waals surface area contributed by atoms with E-state index < -0.39 is 29.7 Å². The van der Waals surface area contributed by atoms with Crippen molar-refractivity contribution >= 4 is 23.6 Å². The lowest BCUT2D eigenvalue weighted by atomic mass is 9.82. The maximum atomic E-state index is 13.1. The van der Waals surface area contributed by atoms with Crippen molar-refractivity contribution in [2.75, 3.05) is 6.61 Å². The van der Waals surface area contributed by atoms with Gasteiger partial charge in [-0.05, 0) is 61.3 Å². The highest BCUT2D eigenvalue weighted by Gasteiger charge is 2.46. The van der Waals surface area contributed by atoms with Crippen LogP contribution in [-0.2, 0) is 22.4 Å². The molecule has 1 fully saturated rings. The molecule has 0 aromatic heterocycles. The van der Waals surface area contributed by atoms with E-state index in [4.69, 9.17) is 4.74 Å². The Hall–Kier alpha value is -3.48. The highest BCUT2D eigenvalue weighted by Crippen LogP contribution is 2.34. The molecule has 2 heterocycles. The van der Waals surface area contributed by atoms with E-state index in [0.29, 0.717) is 18.3 Å². The van der Waals surface area contributed by atoms with Crippen molar-refractivity contribution in [2.45, 2.75) is 44.6 Å². The fourth-order valence-corrected chi connectivity index (χ4v) is 4.96. The van der Waals surface area contributed by atoms with Gasteiger partial charge in [0, 0.05) is 6.42 Å². The molecule has 7 nitrogen and oxygen atoms in total. The average molecular weight is 432 g/mol. The Labute approximate surface area is 185 Å². The van der Waals surface area contributed by atoms with Crippen LogP contribution in [0.15, 0.2) is 42.5 Å². The standard InChI is InChI=1S/C25H24N2O5/c28-21-11-10-19(23(29)26-21)27-24(30)18-6-3-7-20(22(18)25(27)31)32-13-12-15-8-9-16-4-1-2-5-17(16)14-15/h1-7,15,19H,8-14H2,(H,26,28,29). The first-order valence-electron chi connectivity index (χ1n) is 11.1. The zero-order valence-electron chi connectivity index (χ0n) is 17.6.